The Labute approximate surface area is 120 Å². The third-order valence-electron chi connectivity index (χ3n) is 3.42. The lowest BCUT2D eigenvalue weighted by molar-refractivity contribution is 0.231. The smallest absolute Gasteiger partial charge is 0.101 e. The molecule has 0 N–H and O–H groups in total. The minimum absolute atomic E-state index is 0.693. The molecule has 0 aliphatic carbocycles. The van der Waals surface area contributed by atoms with E-state index >= 15 is 0 Å². The van der Waals surface area contributed by atoms with Crippen molar-refractivity contribution in [1.29, 1.82) is 5.26 Å². The summed E-state index contributed by atoms with van der Waals surface area (Å²) in [6, 6.07) is 7.73. The van der Waals surface area contributed by atoms with Crippen LogP contribution in [0.5, 0.6) is 0 Å². The highest BCUT2D eigenvalue weighted by molar-refractivity contribution is 6.30. The molecule has 1 heterocycles. The van der Waals surface area contributed by atoms with Crippen molar-refractivity contribution in [2.45, 2.75) is 13.8 Å². The second-order valence-corrected chi connectivity index (χ2v) is 5.89. The molecule has 0 atom stereocenters. The Morgan fingerprint density at radius 1 is 1.26 bits per heavy atom. The van der Waals surface area contributed by atoms with E-state index in [1.54, 1.807) is 12.1 Å². The van der Waals surface area contributed by atoms with Gasteiger partial charge in [0, 0.05) is 37.7 Å². The highest BCUT2D eigenvalue weighted by atomic mass is 35.5. The number of halogens is 1. The number of hydrogen-bond donors (Lipinski definition) is 0. The highest BCUT2D eigenvalue weighted by Gasteiger charge is 2.19. The van der Waals surface area contributed by atoms with Crippen molar-refractivity contribution in [2.24, 2.45) is 5.92 Å². The lowest BCUT2D eigenvalue weighted by Gasteiger charge is -2.37. The molecule has 1 saturated heterocycles. The number of anilines is 1. The average molecular weight is 278 g/mol. The standard InChI is InChI=1S/C15H20ClN3/c1-12(2)11-18-5-7-19(8-6-18)15-9-14(16)4-3-13(15)10-17/h3-4,9,12H,5-8,11H2,1-2H3. The van der Waals surface area contributed by atoms with Gasteiger partial charge in [0.1, 0.15) is 6.07 Å². The van der Waals surface area contributed by atoms with E-state index in [1.807, 2.05) is 6.07 Å². The number of nitriles is 1. The average Bonchev–Trinajstić information content (AvgIpc) is 2.39. The second-order valence-electron chi connectivity index (χ2n) is 5.45. The lowest BCUT2D eigenvalue weighted by atomic mass is 10.1. The molecule has 2 rings (SSSR count). The van der Waals surface area contributed by atoms with Gasteiger partial charge in [0.05, 0.1) is 11.3 Å². The van der Waals surface area contributed by atoms with E-state index in [0.717, 1.165) is 38.4 Å². The van der Waals surface area contributed by atoms with Gasteiger partial charge in [0.25, 0.3) is 0 Å². The van der Waals surface area contributed by atoms with E-state index in [1.165, 1.54) is 0 Å². The van der Waals surface area contributed by atoms with Crippen molar-refractivity contribution in [3.8, 4) is 6.07 Å². The molecule has 3 nitrogen and oxygen atoms in total. The zero-order valence-electron chi connectivity index (χ0n) is 11.6. The van der Waals surface area contributed by atoms with Crippen molar-refractivity contribution >= 4 is 17.3 Å². The summed E-state index contributed by atoms with van der Waals surface area (Å²) < 4.78 is 0. The zero-order valence-corrected chi connectivity index (χ0v) is 12.3. The van der Waals surface area contributed by atoms with Crippen LogP contribution in [0.15, 0.2) is 18.2 Å². The van der Waals surface area contributed by atoms with Crippen LogP contribution < -0.4 is 4.90 Å². The minimum Gasteiger partial charge on any atom is -0.368 e. The molecular weight excluding hydrogens is 258 g/mol. The molecule has 4 heteroatoms. The third-order valence-corrected chi connectivity index (χ3v) is 3.65. The van der Waals surface area contributed by atoms with E-state index in [4.69, 9.17) is 11.6 Å². The molecule has 1 aliphatic heterocycles. The van der Waals surface area contributed by atoms with E-state index < -0.39 is 0 Å². The molecule has 0 spiro atoms. The Bertz CT molecular complexity index is 471. The predicted molar refractivity (Wildman–Crippen MR) is 79.7 cm³/mol. The summed E-state index contributed by atoms with van der Waals surface area (Å²) in [5, 5.41) is 9.87. The summed E-state index contributed by atoms with van der Waals surface area (Å²) in [5.74, 6) is 0.701. The maximum atomic E-state index is 9.18. The molecule has 0 aromatic heterocycles. The van der Waals surface area contributed by atoms with Crippen LogP contribution in [-0.2, 0) is 0 Å². The summed E-state index contributed by atoms with van der Waals surface area (Å²) in [6.45, 7) is 9.66. The van der Waals surface area contributed by atoms with Gasteiger partial charge in [-0.3, -0.25) is 4.90 Å². The molecule has 0 unspecified atom stereocenters. The monoisotopic (exact) mass is 277 g/mol. The molecule has 19 heavy (non-hydrogen) atoms. The number of piperazine rings is 1. The maximum Gasteiger partial charge on any atom is 0.101 e. The molecule has 1 fully saturated rings. The topological polar surface area (TPSA) is 30.3 Å². The first-order valence-electron chi connectivity index (χ1n) is 6.77. The number of benzene rings is 1. The molecule has 1 aromatic carbocycles. The first-order chi connectivity index (χ1) is 9.10. The van der Waals surface area contributed by atoms with Gasteiger partial charge in [-0.15, -0.1) is 0 Å². The molecule has 1 aliphatic rings. The maximum absolute atomic E-state index is 9.18. The van der Waals surface area contributed by atoms with Crippen LogP contribution in [-0.4, -0.2) is 37.6 Å². The number of rotatable bonds is 3. The van der Waals surface area contributed by atoms with Crippen LogP contribution >= 0.6 is 11.6 Å². The van der Waals surface area contributed by atoms with Gasteiger partial charge in [0.15, 0.2) is 0 Å². The van der Waals surface area contributed by atoms with Crippen molar-refractivity contribution in [3.63, 3.8) is 0 Å². The van der Waals surface area contributed by atoms with Crippen LogP contribution in [0, 0.1) is 17.2 Å². The quantitative estimate of drug-likeness (QED) is 0.851. The summed E-state index contributed by atoms with van der Waals surface area (Å²) >= 11 is 6.04. The summed E-state index contributed by atoms with van der Waals surface area (Å²) in [6.07, 6.45) is 0. The van der Waals surface area contributed by atoms with Gasteiger partial charge in [0.2, 0.25) is 0 Å². The molecule has 0 radical (unpaired) electrons. The first kappa shape index (κ1) is 14.2. The molecule has 0 saturated carbocycles. The Morgan fingerprint density at radius 3 is 2.53 bits per heavy atom. The van der Waals surface area contributed by atoms with E-state index in [2.05, 4.69) is 29.7 Å². The molecule has 0 amide bonds. The van der Waals surface area contributed by atoms with Crippen molar-refractivity contribution in [2.75, 3.05) is 37.6 Å². The fraction of sp³-hybridized carbons (Fsp3) is 0.533. The lowest BCUT2D eigenvalue weighted by Crippen LogP contribution is -2.47. The van der Waals surface area contributed by atoms with Crippen molar-refractivity contribution in [3.05, 3.63) is 28.8 Å². The van der Waals surface area contributed by atoms with Crippen LogP contribution in [0.4, 0.5) is 5.69 Å². The first-order valence-corrected chi connectivity index (χ1v) is 7.15. The van der Waals surface area contributed by atoms with Crippen LogP contribution in [0.2, 0.25) is 5.02 Å². The minimum atomic E-state index is 0.693. The van der Waals surface area contributed by atoms with Gasteiger partial charge in [-0.25, -0.2) is 0 Å². The van der Waals surface area contributed by atoms with Gasteiger partial charge in [-0.1, -0.05) is 25.4 Å². The van der Waals surface area contributed by atoms with Crippen LogP contribution in [0.25, 0.3) is 0 Å². The number of nitrogens with zero attached hydrogens (tertiary/aromatic N) is 3. The zero-order chi connectivity index (χ0) is 13.8. The van der Waals surface area contributed by atoms with Crippen LogP contribution in [0.3, 0.4) is 0 Å². The predicted octanol–water partition coefficient (Wildman–Crippen LogP) is 2.99. The molecular formula is C15H20ClN3. The SMILES string of the molecule is CC(C)CN1CCN(c2cc(Cl)ccc2C#N)CC1. The Morgan fingerprint density at radius 2 is 1.95 bits per heavy atom. The van der Waals surface area contributed by atoms with Crippen molar-refractivity contribution < 1.29 is 0 Å². The largest absolute Gasteiger partial charge is 0.368 e. The summed E-state index contributed by atoms with van der Waals surface area (Å²) in [4.78, 5) is 4.75. The Hall–Kier alpha value is -1.24. The van der Waals surface area contributed by atoms with Gasteiger partial charge < -0.3 is 4.90 Å². The molecule has 1 aromatic rings. The van der Waals surface area contributed by atoms with Gasteiger partial charge in [-0.2, -0.15) is 5.26 Å². The number of hydrogen-bond acceptors (Lipinski definition) is 3. The summed E-state index contributed by atoms with van der Waals surface area (Å²) in [5.41, 5.74) is 1.68. The second kappa shape index (κ2) is 6.27. The third kappa shape index (κ3) is 3.62. The van der Waals surface area contributed by atoms with E-state index in [0.29, 0.717) is 16.5 Å². The van der Waals surface area contributed by atoms with E-state index in [-0.39, 0.29) is 0 Å². The normalized spacial score (nSPS) is 16.7. The molecule has 102 valence electrons. The van der Waals surface area contributed by atoms with Gasteiger partial charge in [-0.05, 0) is 24.1 Å². The van der Waals surface area contributed by atoms with E-state index in [9.17, 15) is 5.26 Å². The van der Waals surface area contributed by atoms with Crippen LogP contribution in [0.1, 0.15) is 19.4 Å². The molecule has 0 bridgehead atoms. The van der Waals surface area contributed by atoms with Gasteiger partial charge >= 0.3 is 0 Å². The Kier molecular flexibility index (Phi) is 4.68. The highest BCUT2D eigenvalue weighted by Crippen LogP contribution is 2.25. The Balaban J connectivity index is 2.05. The van der Waals surface area contributed by atoms with Crippen molar-refractivity contribution in [1.82, 2.24) is 4.90 Å². The fourth-order valence-electron chi connectivity index (χ4n) is 2.55. The fourth-order valence-corrected chi connectivity index (χ4v) is 2.72. The summed E-state index contributed by atoms with van der Waals surface area (Å²) in [7, 11) is 0.